The van der Waals surface area contributed by atoms with Crippen molar-refractivity contribution in [1.29, 1.82) is 0 Å². The van der Waals surface area contributed by atoms with E-state index >= 15 is 0 Å². The van der Waals surface area contributed by atoms with Crippen LogP contribution in [0.4, 0.5) is 4.39 Å². The second kappa shape index (κ2) is 6.63. The lowest BCUT2D eigenvalue weighted by Crippen LogP contribution is -2.40. The van der Waals surface area contributed by atoms with Gasteiger partial charge in [0.05, 0.1) is 13.2 Å². The molecule has 4 nitrogen and oxygen atoms in total. The summed E-state index contributed by atoms with van der Waals surface area (Å²) in [7, 11) is 0. The molecule has 1 unspecified atom stereocenters. The van der Waals surface area contributed by atoms with E-state index in [1.54, 1.807) is 12.1 Å². The van der Waals surface area contributed by atoms with Crippen LogP contribution in [-0.2, 0) is 11.3 Å². The van der Waals surface area contributed by atoms with Crippen molar-refractivity contribution < 1.29 is 14.3 Å². The lowest BCUT2D eigenvalue weighted by molar-refractivity contribution is -0.122. The fourth-order valence-electron chi connectivity index (χ4n) is 2.35. The summed E-state index contributed by atoms with van der Waals surface area (Å²) >= 11 is 0. The largest absolute Gasteiger partial charge is 0.395 e. The standard InChI is InChI=1S/C14H19FN2O2/c15-12-5-3-11(4-6-12)8-16-14(19)9-17-7-1-2-13(17)10-18/h3-6,13,18H,1-2,7-10H2,(H,16,19). The number of aliphatic hydroxyl groups is 1. The molecular weight excluding hydrogens is 247 g/mol. The summed E-state index contributed by atoms with van der Waals surface area (Å²) in [5, 5.41) is 12.0. The molecule has 5 heteroatoms. The van der Waals surface area contributed by atoms with Crippen LogP contribution >= 0.6 is 0 Å². The number of hydrogen-bond acceptors (Lipinski definition) is 3. The average molecular weight is 266 g/mol. The van der Waals surface area contributed by atoms with E-state index in [-0.39, 0.29) is 24.4 Å². The van der Waals surface area contributed by atoms with Crippen LogP contribution in [0.15, 0.2) is 24.3 Å². The maximum Gasteiger partial charge on any atom is 0.234 e. The van der Waals surface area contributed by atoms with Crippen molar-refractivity contribution in [1.82, 2.24) is 10.2 Å². The third-order valence-corrected chi connectivity index (χ3v) is 3.46. The summed E-state index contributed by atoms with van der Waals surface area (Å²) in [6.07, 6.45) is 1.97. The number of hydrogen-bond donors (Lipinski definition) is 2. The third kappa shape index (κ3) is 4.01. The molecule has 0 bridgehead atoms. The molecule has 1 aliphatic rings. The van der Waals surface area contributed by atoms with Crippen LogP contribution < -0.4 is 5.32 Å². The summed E-state index contributed by atoms with van der Waals surface area (Å²) in [5.41, 5.74) is 0.870. The fraction of sp³-hybridized carbons (Fsp3) is 0.500. The average Bonchev–Trinajstić information content (AvgIpc) is 2.85. The van der Waals surface area contributed by atoms with Crippen LogP contribution in [0.5, 0.6) is 0 Å². The molecule has 1 heterocycles. The molecule has 1 atom stereocenters. The zero-order valence-corrected chi connectivity index (χ0v) is 10.8. The van der Waals surface area contributed by atoms with Crippen molar-refractivity contribution in [3.8, 4) is 0 Å². The highest BCUT2D eigenvalue weighted by Crippen LogP contribution is 2.15. The summed E-state index contributed by atoms with van der Waals surface area (Å²) in [5.74, 6) is -0.345. The Morgan fingerprint density at radius 2 is 2.16 bits per heavy atom. The Morgan fingerprint density at radius 1 is 1.42 bits per heavy atom. The quantitative estimate of drug-likeness (QED) is 0.832. The summed E-state index contributed by atoms with van der Waals surface area (Å²) in [4.78, 5) is 13.8. The normalized spacial score (nSPS) is 19.6. The zero-order valence-electron chi connectivity index (χ0n) is 10.8. The Kier molecular flexibility index (Phi) is 4.87. The lowest BCUT2D eigenvalue weighted by atomic mass is 10.2. The number of halogens is 1. The molecule has 2 rings (SSSR count). The van der Waals surface area contributed by atoms with Crippen LogP contribution in [0, 0.1) is 5.82 Å². The van der Waals surface area contributed by atoms with Crippen molar-refractivity contribution in [3.63, 3.8) is 0 Å². The highest BCUT2D eigenvalue weighted by molar-refractivity contribution is 5.78. The lowest BCUT2D eigenvalue weighted by Gasteiger charge is -2.21. The maximum atomic E-state index is 12.7. The first-order valence-electron chi connectivity index (χ1n) is 6.55. The number of likely N-dealkylation sites (tertiary alicyclic amines) is 1. The summed E-state index contributed by atoms with van der Waals surface area (Å²) in [6, 6.07) is 6.17. The van der Waals surface area contributed by atoms with Gasteiger partial charge in [0.25, 0.3) is 0 Å². The second-order valence-corrected chi connectivity index (χ2v) is 4.85. The number of carbonyl (C=O) groups is 1. The minimum atomic E-state index is -0.280. The van der Waals surface area contributed by atoms with Crippen LogP contribution in [-0.4, -0.2) is 41.7 Å². The van der Waals surface area contributed by atoms with E-state index in [9.17, 15) is 14.3 Å². The molecule has 1 saturated heterocycles. The van der Waals surface area contributed by atoms with Crippen LogP contribution in [0.2, 0.25) is 0 Å². The molecule has 0 radical (unpaired) electrons. The van der Waals surface area contributed by atoms with E-state index in [2.05, 4.69) is 5.32 Å². The molecule has 1 amide bonds. The van der Waals surface area contributed by atoms with E-state index in [4.69, 9.17) is 0 Å². The molecule has 0 saturated carbocycles. The van der Waals surface area contributed by atoms with Gasteiger partial charge in [0, 0.05) is 12.6 Å². The second-order valence-electron chi connectivity index (χ2n) is 4.85. The van der Waals surface area contributed by atoms with Crippen molar-refractivity contribution in [2.24, 2.45) is 0 Å². The third-order valence-electron chi connectivity index (χ3n) is 3.46. The van der Waals surface area contributed by atoms with Crippen LogP contribution in [0.25, 0.3) is 0 Å². The van der Waals surface area contributed by atoms with Gasteiger partial charge in [0.15, 0.2) is 0 Å². The molecule has 1 aromatic rings. The number of amides is 1. The SMILES string of the molecule is O=C(CN1CCCC1CO)NCc1ccc(F)cc1. The predicted octanol–water partition coefficient (Wildman–Crippen LogP) is 0.899. The van der Waals surface area contributed by atoms with Crippen LogP contribution in [0.1, 0.15) is 18.4 Å². The van der Waals surface area contributed by atoms with Gasteiger partial charge < -0.3 is 10.4 Å². The first kappa shape index (κ1) is 14.0. The van der Waals surface area contributed by atoms with Gasteiger partial charge in [-0.3, -0.25) is 9.69 Å². The van der Waals surface area contributed by atoms with Gasteiger partial charge in [-0.15, -0.1) is 0 Å². The Balaban J connectivity index is 1.77. The minimum Gasteiger partial charge on any atom is -0.395 e. The number of rotatable bonds is 5. The zero-order chi connectivity index (χ0) is 13.7. The molecule has 1 aliphatic heterocycles. The Morgan fingerprint density at radius 3 is 2.84 bits per heavy atom. The Labute approximate surface area is 112 Å². The van der Waals surface area contributed by atoms with Gasteiger partial charge in [-0.1, -0.05) is 12.1 Å². The molecule has 0 aliphatic carbocycles. The highest BCUT2D eigenvalue weighted by atomic mass is 19.1. The van der Waals surface area contributed by atoms with Gasteiger partial charge in [0.2, 0.25) is 5.91 Å². The molecule has 104 valence electrons. The molecule has 2 N–H and O–H groups in total. The number of nitrogens with one attached hydrogen (secondary N) is 1. The first-order chi connectivity index (χ1) is 9.19. The van der Waals surface area contributed by atoms with E-state index in [0.717, 1.165) is 24.9 Å². The monoisotopic (exact) mass is 266 g/mol. The van der Waals surface area contributed by atoms with Gasteiger partial charge >= 0.3 is 0 Å². The van der Waals surface area contributed by atoms with Crippen molar-refractivity contribution in [2.45, 2.75) is 25.4 Å². The van der Waals surface area contributed by atoms with Gasteiger partial charge in [0.1, 0.15) is 5.82 Å². The van der Waals surface area contributed by atoms with Crippen molar-refractivity contribution >= 4 is 5.91 Å². The summed E-state index contributed by atoms with van der Waals surface area (Å²) < 4.78 is 12.7. The minimum absolute atomic E-state index is 0.0651. The van der Waals surface area contributed by atoms with Crippen molar-refractivity contribution in [2.75, 3.05) is 19.7 Å². The van der Waals surface area contributed by atoms with Crippen molar-refractivity contribution in [3.05, 3.63) is 35.6 Å². The summed E-state index contributed by atoms with van der Waals surface area (Å²) in [6.45, 7) is 1.67. The van der Waals surface area contributed by atoms with E-state index in [1.807, 2.05) is 4.90 Å². The molecule has 1 aromatic carbocycles. The van der Waals surface area contributed by atoms with Gasteiger partial charge in [-0.05, 0) is 37.1 Å². The Bertz CT molecular complexity index is 422. The van der Waals surface area contributed by atoms with E-state index in [1.165, 1.54) is 12.1 Å². The van der Waals surface area contributed by atoms with Gasteiger partial charge in [-0.25, -0.2) is 4.39 Å². The predicted molar refractivity (Wildman–Crippen MR) is 69.9 cm³/mol. The Hall–Kier alpha value is -1.46. The van der Waals surface area contributed by atoms with E-state index < -0.39 is 0 Å². The van der Waals surface area contributed by atoms with Gasteiger partial charge in [-0.2, -0.15) is 0 Å². The topological polar surface area (TPSA) is 52.6 Å². The number of carbonyl (C=O) groups excluding carboxylic acids is 1. The number of benzene rings is 1. The molecule has 0 aromatic heterocycles. The highest BCUT2D eigenvalue weighted by Gasteiger charge is 2.25. The first-order valence-corrected chi connectivity index (χ1v) is 6.55. The number of nitrogens with zero attached hydrogens (tertiary/aromatic N) is 1. The van der Waals surface area contributed by atoms with Crippen LogP contribution in [0.3, 0.4) is 0 Å². The maximum absolute atomic E-state index is 12.7. The molecule has 19 heavy (non-hydrogen) atoms. The molecule has 0 spiro atoms. The number of aliphatic hydroxyl groups excluding tert-OH is 1. The molecule has 1 fully saturated rings. The smallest absolute Gasteiger partial charge is 0.234 e. The molecular formula is C14H19FN2O2. The van der Waals surface area contributed by atoms with E-state index in [0.29, 0.717) is 13.1 Å². The fourth-order valence-corrected chi connectivity index (χ4v) is 2.35.